The highest BCUT2D eigenvalue weighted by atomic mass is 31.2. The van der Waals surface area contributed by atoms with Gasteiger partial charge in [0.2, 0.25) is 7.29 Å². The molecule has 0 heterocycles. The zero-order valence-electron chi connectivity index (χ0n) is 18.9. The van der Waals surface area contributed by atoms with E-state index in [9.17, 15) is 9.83 Å². The van der Waals surface area contributed by atoms with Crippen molar-refractivity contribution in [1.29, 1.82) is 5.26 Å². The van der Waals surface area contributed by atoms with Gasteiger partial charge in [0.1, 0.15) is 5.41 Å². The standard InChI is InChI=1S/C30H27N2OP/c1-2-23-30(24-31,26-17-9-4-10-18-26)29(25-15-7-3-8-16-25)32-34(33,27-19-11-5-12-20-27)28-21-13-6-14-22-28/h2-22,29H,1,23H2,(H,32,33)/t29-,30-/m1/s1. The number of hydrogen-bond donors (Lipinski definition) is 1. The first-order chi connectivity index (χ1) is 16.6. The largest absolute Gasteiger partial charge is 0.297 e. The molecule has 1 N–H and O–H groups in total. The highest BCUT2D eigenvalue weighted by Gasteiger charge is 2.44. The maximum absolute atomic E-state index is 15.0. The second kappa shape index (κ2) is 10.5. The molecule has 0 aliphatic carbocycles. The minimum atomic E-state index is -3.33. The first kappa shape index (κ1) is 23.5. The molecule has 34 heavy (non-hydrogen) atoms. The number of nitriles is 1. The maximum Gasteiger partial charge on any atom is 0.205 e. The molecule has 0 unspecified atom stereocenters. The van der Waals surface area contributed by atoms with E-state index in [4.69, 9.17) is 0 Å². The van der Waals surface area contributed by atoms with Crippen molar-refractivity contribution in [2.45, 2.75) is 17.9 Å². The summed E-state index contributed by atoms with van der Waals surface area (Å²) in [6.45, 7) is 3.96. The van der Waals surface area contributed by atoms with Crippen molar-refractivity contribution < 1.29 is 4.57 Å². The molecule has 2 atom stereocenters. The number of nitrogens with zero attached hydrogens (tertiary/aromatic N) is 1. The molecule has 0 amide bonds. The fourth-order valence-corrected chi connectivity index (χ4v) is 6.92. The van der Waals surface area contributed by atoms with E-state index in [1.807, 2.05) is 121 Å². The SMILES string of the molecule is C=CC[C@@](C#N)(c1ccccc1)[C@H](NP(=O)(c1ccccc1)c1ccccc1)c1ccccc1. The quantitative estimate of drug-likeness (QED) is 0.235. The maximum atomic E-state index is 15.0. The third-order valence-corrected chi connectivity index (χ3v) is 8.80. The lowest BCUT2D eigenvalue weighted by atomic mass is 9.71. The molecule has 0 fully saturated rings. The van der Waals surface area contributed by atoms with Crippen LogP contribution in [0, 0.1) is 11.3 Å². The molecule has 0 aliphatic heterocycles. The van der Waals surface area contributed by atoms with Crippen LogP contribution < -0.4 is 15.7 Å². The summed E-state index contributed by atoms with van der Waals surface area (Å²) in [5, 5.41) is 15.6. The van der Waals surface area contributed by atoms with Crippen LogP contribution in [0.15, 0.2) is 134 Å². The first-order valence-corrected chi connectivity index (χ1v) is 13.0. The van der Waals surface area contributed by atoms with Gasteiger partial charge in [-0.2, -0.15) is 5.26 Å². The number of benzene rings is 4. The van der Waals surface area contributed by atoms with E-state index in [-0.39, 0.29) is 0 Å². The van der Waals surface area contributed by atoms with Crippen LogP contribution in [-0.4, -0.2) is 0 Å². The van der Waals surface area contributed by atoms with Gasteiger partial charge in [0.05, 0.1) is 12.1 Å². The monoisotopic (exact) mass is 462 g/mol. The number of allylic oxidation sites excluding steroid dienone is 1. The molecule has 3 nitrogen and oxygen atoms in total. The molecule has 0 radical (unpaired) electrons. The highest BCUT2D eigenvalue weighted by molar-refractivity contribution is 7.76. The van der Waals surface area contributed by atoms with Crippen molar-refractivity contribution >= 4 is 17.9 Å². The van der Waals surface area contributed by atoms with E-state index in [0.29, 0.717) is 17.0 Å². The Labute approximate surface area is 201 Å². The average molecular weight is 463 g/mol. The van der Waals surface area contributed by atoms with Gasteiger partial charge < -0.3 is 0 Å². The molecule has 0 aliphatic rings. The molecule has 0 aromatic heterocycles. The van der Waals surface area contributed by atoms with Crippen molar-refractivity contribution in [2.24, 2.45) is 0 Å². The molecule has 4 aromatic carbocycles. The second-order valence-electron chi connectivity index (χ2n) is 8.20. The number of rotatable bonds is 9. The second-order valence-corrected chi connectivity index (χ2v) is 10.7. The van der Waals surface area contributed by atoms with E-state index < -0.39 is 18.7 Å². The minimum Gasteiger partial charge on any atom is -0.297 e. The highest BCUT2D eigenvalue weighted by Crippen LogP contribution is 2.49. The van der Waals surface area contributed by atoms with Gasteiger partial charge in [0.15, 0.2) is 0 Å². The Hall–Kier alpha value is -3.70. The topological polar surface area (TPSA) is 52.9 Å². The fraction of sp³-hybridized carbons (Fsp3) is 0.100. The van der Waals surface area contributed by atoms with Crippen molar-refractivity contribution in [3.63, 3.8) is 0 Å². The Kier molecular flexibility index (Phi) is 7.24. The van der Waals surface area contributed by atoms with Crippen LogP contribution in [0.4, 0.5) is 0 Å². The predicted molar refractivity (Wildman–Crippen MR) is 141 cm³/mol. The molecule has 0 saturated heterocycles. The van der Waals surface area contributed by atoms with Gasteiger partial charge in [-0.25, -0.2) is 0 Å². The average Bonchev–Trinajstić information content (AvgIpc) is 2.92. The van der Waals surface area contributed by atoms with Crippen molar-refractivity contribution in [3.8, 4) is 6.07 Å². The van der Waals surface area contributed by atoms with E-state index in [2.05, 4.69) is 17.7 Å². The summed E-state index contributed by atoms with van der Waals surface area (Å²) in [6, 6.07) is 40.5. The smallest absolute Gasteiger partial charge is 0.205 e. The van der Waals surface area contributed by atoms with E-state index >= 15 is 0 Å². The Balaban J connectivity index is 1.97. The van der Waals surface area contributed by atoms with Gasteiger partial charge in [-0.3, -0.25) is 9.65 Å². The lowest BCUT2D eigenvalue weighted by molar-refractivity contribution is 0.416. The van der Waals surface area contributed by atoms with Gasteiger partial charge in [0, 0.05) is 10.6 Å². The molecule has 4 rings (SSSR count). The van der Waals surface area contributed by atoms with Crippen LogP contribution in [-0.2, 0) is 9.98 Å². The summed E-state index contributed by atoms with van der Waals surface area (Å²) in [6.07, 6.45) is 2.16. The molecule has 4 heteroatoms. The lowest BCUT2D eigenvalue weighted by Gasteiger charge is -2.38. The van der Waals surface area contributed by atoms with Gasteiger partial charge in [0.25, 0.3) is 0 Å². The van der Waals surface area contributed by atoms with Crippen molar-refractivity contribution in [2.75, 3.05) is 0 Å². The molecule has 0 saturated carbocycles. The van der Waals surface area contributed by atoms with Crippen LogP contribution in [0.5, 0.6) is 0 Å². The van der Waals surface area contributed by atoms with E-state index in [1.165, 1.54) is 0 Å². The molecular weight excluding hydrogens is 435 g/mol. The van der Waals surface area contributed by atoms with E-state index in [1.54, 1.807) is 6.08 Å². The summed E-state index contributed by atoms with van der Waals surface area (Å²) in [5.74, 6) is 0. The molecule has 0 spiro atoms. The number of nitrogens with one attached hydrogen (secondary N) is 1. The molecular formula is C30H27N2OP. The molecule has 0 bridgehead atoms. The third kappa shape index (κ3) is 4.52. The van der Waals surface area contributed by atoms with Crippen molar-refractivity contribution in [3.05, 3.63) is 145 Å². The van der Waals surface area contributed by atoms with Crippen LogP contribution >= 0.6 is 7.29 Å². The number of hydrogen-bond acceptors (Lipinski definition) is 2. The van der Waals surface area contributed by atoms with Crippen LogP contribution in [0.25, 0.3) is 0 Å². The Morgan fingerprint density at radius 2 is 1.24 bits per heavy atom. The van der Waals surface area contributed by atoms with Crippen LogP contribution in [0.1, 0.15) is 23.6 Å². The Morgan fingerprint density at radius 1 is 0.794 bits per heavy atom. The Morgan fingerprint density at radius 3 is 1.68 bits per heavy atom. The fourth-order valence-electron chi connectivity index (χ4n) is 4.41. The predicted octanol–water partition coefficient (Wildman–Crippen LogP) is 6.28. The summed E-state index contributed by atoms with van der Waals surface area (Å²) >= 11 is 0. The first-order valence-electron chi connectivity index (χ1n) is 11.3. The van der Waals surface area contributed by atoms with Crippen LogP contribution in [0.2, 0.25) is 0 Å². The van der Waals surface area contributed by atoms with Gasteiger partial charge in [-0.15, -0.1) is 6.58 Å². The summed E-state index contributed by atoms with van der Waals surface area (Å²) in [5.41, 5.74) is 0.720. The van der Waals surface area contributed by atoms with Crippen molar-refractivity contribution in [1.82, 2.24) is 5.09 Å². The zero-order valence-corrected chi connectivity index (χ0v) is 19.8. The van der Waals surface area contributed by atoms with Gasteiger partial charge >= 0.3 is 0 Å². The molecule has 4 aromatic rings. The van der Waals surface area contributed by atoms with Gasteiger partial charge in [-0.1, -0.05) is 103 Å². The third-order valence-electron chi connectivity index (χ3n) is 6.13. The summed E-state index contributed by atoms with van der Waals surface area (Å²) in [7, 11) is -3.33. The Bertz CT molecular complexity index is 1260. The minimum absolute atomic E-state index is 0.393. The normalized spacial score (nSPS) is 13.9. The summed E-state index contributed by atoms with van der Waals surface area (Å²) < 4.78 is 15.0. The van der Waals surface area contributed by atoms with Gasteiger partial charge in [-0.05, 0) is 41.8 Å². The molecule has 168 valence electrons. The lowest BCUT2D eigenvalue weighted by Crippen LogP contribution is -2.42. The zero-order chi connectivity index (χ0) is 23.9. The van der Waals surface area contributed by atoms with E-state index in [0.717, 1.165) is 11.1 Å². The summed E-state index contributed by atoms with van der Waals surface area (Å²) in [4.78, 5) is 0. The van der Waals surface area contributed by atoms with Crippen LogP contribution in [0.3, 0.4) is 0 Å².